The van der Waals surface area contributed by atoms with Crippen molar-refractivity contribution < 1.29 is 19.0 Å². The Labute approximate surface area is 164 Å². The van der Waals surface area contributed by atoms with E-state index in [0.29, 0.717) is 35.2 Å². The van der Waals surface area contributed by atoms with Crippen LogP contribution < -0.4 is 20.1 Å². The highest BCUT2D eigenvalue weighted by atomic mass is 35.5. The third-order valence-corrected chi connectivity index (χ3v) is 4.34. The maximum Gasteiger partial charge on any atom is 0.163 e. The van der Waals surface area contributed by atoms with Crippen molar-refractivity contribution in [2.75, 3.05) is 33.4 Å². The minimum absolute atomic E-state index is 0.0950. The summed E-state index contributed by atoms with van der Waals surface area (Å²) in [6.07, 6.45) is 0.943. The van der Waals surface area contributed by atoms with Crippen LogP contribution in [0.3, 0.4) is 0 Å². The molecule has 2 aromatic carbocycles. The van der Waals surface area contributed by atoms with Gasteiger partial charge in [0.05, 0.1) is 13.7 Å². The Bertz CT molecular complexity index is 716. The summed E-state index contributed by atoms with van der Waals surface area (Å²) in [7, 11) is 1.56. The van der Waals surface area contributed by atoms with Crippen molar-refractivity contribution in [3.63, 3.8) is 0 Å². The Morgan fingerprint density at radius 3 is 2.56 bits per heavy atom. The maximum absolute atomic E-state index is 13.7. The molecule has 0 aliphatic heterocycles. The molecular formula is C20H26ClFN2O3. The minimum atomic E-state index is -0.308. The lowest BCUT2D eigenvalue weighted by Crippen LogP contribution is -2.24. The molecule has 27 heavy (non-hydrogen) atoms. The predicted octanol–water partition coefficient (Wildman–Crippen LogP) is 3.13. The van der Waals surface area contributed by atoms with Crippen molar-refractivity contribution in [2.45, 2.75) is 19.6 Å². The molecule has 7 heteroatoms. The fourth-order valence-electron chi connectivity index (χ4n) is 2.52. The number of hydrogen-bond acceptors (Lipinski definition) is 5. The second-order valence-electron chi connectivity index (χ2n) is 5.98. The van der Waals surface area contributed by atoms with Gasteiger partial charge in [-0.25, -0.2) is 4.39 Å². The van der Waals surface area contributed by atoms with Gasteiger partial charge < -0.3 is 25.2 Å². The number of methoxy groups -OCH3 is 1. The molecule has 0 spiro atoms. The van der Waals surface area contributed by atoms with Gasteiger partial charge in [-0.05, 0) is 37.2 Å². The lowest BCUT2D eigenvalue weighted by atomic mass is 10.2. The van der Waals surface area contributed by atoms with Gasteiger partial charge in [0.2, 0.25) is 0 Å². The predicted molar refractivity (Wildman–Crippen MR) is 105 cm³/mol. The zero-order chi connectivity index (χ0) is 19.5. The smallest absolute Gasteiger partial charge is 0.163 e. The number of aliphatic hydroxyl groups excluding tert-OH is 1. The Morgan fingerprint density at radius 1 is 1.04 bits per heavy atom. The highest BCUT2D eigenvalue weighted by molar-refractivity contribution is 6.31. The second kappa shape index (κ2) is 11.8. The van der Waals surface area contributed by atoms with Crippen LogP contribution in [-0.2, 0) is 13.2 Å². The van der Waals surface area contributed by atoms with Crippen LogP contribution in [0.4, 0.5) is 4.39 Å². The third-order valence-electron chi connectivity index (χ3n) is 3.98. The molecule has 148 valence electrons. The van der Waals surface area contributed by atoms with Crippen molar-refractivity contribution >= 4 is 11.6 Å². The van der Waals surface area contributed by atoms with Crippen LogP contribution in [0.15, 0.2) is 36.4 Å². The van der Waals surface area contributed by atoms with E-state index in [1.165, 1.54) is 6.07 Å². The number of hydrogen-bond donors (Lipinski definition) is 3. The summed E-state index contributed by atoms with van der Waals surface area (Å²) in [6.45, 7) is 3.11. The summed E-state index contributed by atoms with van der Waals surface area (Å²) in [5.74, 6) is 0.719. The van der Waals surface area contributed by atoms with Crippen LogP contribution in [0.2, 0.25) is 5.02 Å². The van der Waals surface area contributed by atoms with E-state index in [4.69, 9.17) is 26.2 Å². The van der Waals surface area contributed by atoms with E-state index in [1.54, 1.807) is 31.4 Å². The Morgan fingerprint density at radius 2 is 1.81 bits per heavy atom. The molecule has 0 heterocycles. The van der Waals surface area contributed by atoms with E-state index in [-0.39, 0.29) is 19.0 Å². The second-order valence-corrected chi connectivity index (χ2v) is 6.39. The fraction of sp³-hybridized carbons (Fsp3) is 0.400. The summed E-state index contributed by atoms with van der Waals surface area (Å²) in [5.41, 5.74) is 1.37. The summed E-state index contributed by atoms with van der Waals surface area (Å²) in [6, 6.07) is 10.0. The van der Waals surface area contributed by atoms with Crippen molar-refractivity contribution in [3.05, 3.63) is 58.4 Å². The molecule has 0 saturated heterocycles. The molecule has 2 aromatic rings. The maximum atomic E-state index is 13.7. The van der Waals surface area contributed by atoms with Crippen LogP contribution in [0.1, 0.15) is 17.5 Å². The van der Waals surface area contributed by atoms with Crippen LogP contribution in [0.5, 0.6) is 11.5 Å². The standard InChI is InChI=1S/C20H26ClFN2O3/c1-26-19-11-16(13-24-8-4-7-23-9-10-25)17(21)12-20(19)27-14-15-5-2-3-6-18(15)22/h2-3,5-6,11-12,23-25H,4,7-10,13-14H2,1H3. The lowest BCUT2D eigenvalue weighted by Gasteiger charge is -2.14. The van der Waals surface area contributed by atoms with E-state index in [9.17, 15) is 4.39 Å². The normalized spacial score (nSPS) is 10.8. The SMILES string of the molecule is COc1cc(CNCCCNCCO)c(Cl)cc1OCc1ccccc1F. The molecule has 0 fully saturated rings. The molecule has 3 N–H and O–H groups in total. The largest absolute Gasteiger partial charge is 0.493 e. The number of ether oxygens (including phenoxy) is 2. The molecule has 0 radical (unpaired) electrons. The van der Waals surface area contributed by atoms with Gasteiger partial charge in [-0.3, -0.25) is 0 Å². The van der Waals surface area contributed by atoms with Crippen LogP contribution in [-0.4, -0.2) is 38.5 Å². The van der Waals surface area contributed by atoms with Gasteiger partial charge >= 0.3 is 0 Å². The van der Waals surface area contributed by atoms with E-state index < -0.39 is 0 Å². The molecule has 0 aliphatic rings. The zero-order valence-corrected chi connectivity index (χ0v) is 16.2. The molecule has 5 nitrogen and oxygen atoms in total. The third kappa shape index (κ3) is 6.99. The number of aliphatic hydroxyl groups is 1. The molecule has 0 aromatic heterocycles. The molecule has 0 aliphatic carbocycles. The summed E-state index contributed by atoms with van der Waals surface area (Å²) in [4.78, 5) is 0. The van der Waals surface area contributed by atoms with Gasteiger partial charge in [0.25, 0.3) is 0 Å². The minimum Gasteiger partial charge on any atom is -0.493 e. The van der Waals surface area contributed by atoms with Crippen LogP contribution in [0, 0.1) is 5.82 Å². The van der Waals surface area contributed by atoms with Crippen LogP contribution in [0.25, 0.3) is 0 Å². The average molecular weight is 397 g/mol. The number of halogens is 2. The Balaban J connectivity index is 1.91. The first kappa shape index (κ1) is 21.4. The number of nitrogens with one attached hydrogen (secondary N) is 2. The highest BCUT2D eigenvalue weighted by Crippen LogP contribution is 2.34. The first-order valence-electron chi connectivity index (χ1n) is 8.90. The quantitative estimate of drug-likeness (QED) is 0.481. The summed E-state index contributed by atoms with van der Waals surface area (Å²) < 4.78 is 24.8. The zero-order valence-electron chi connectivity index (χ0n) is 15.4. The number of benzene rings is 2. The van der Waals surface area contributed by atoms with E-state index in [2.05, 4.69) is 10.6 Å². The summed E-state index contributed by atoms with van der Waals surface area (Å²) in [5, 5.41) is 15.7. The summed E-state index contributed by atoms with van der Waals surface area (Å²) >= 11 is 6.36. The van der Waals surface area contributed by atoms with Crippen molar-refractivity contribution in [1.82, 2.24) is 10.6 Å². The van der Waals surface area contributed by atoms with Crippen molar-refractivity contribution in [1.29, 1.82) is 0 Å². The first-order valence-corrected chi connectivity index (χ1v) is 9.28. The van der Waals surface area contributed by atoms with Gasteiger partial charge in [-0.15, -0.1) is 0 Å². The van der Waals surface area contributed by atoms with E-state index in [0.717, 1.165) is 25.1 Å². The van der Waals surface area contributed by atoms with E-state index >= 15 is 0 Å². The molecule has 0 unspecified atom stereocenters. The average Bonchev–Trinajstić information content (AvgIpc) is 2.67. The molecule has 0 atom stereocenters. The number of rotatable bonds is 12. The van der Waals surface area contributed by atoms with Gasteiger partial charge in [0.1, 0.15) is 12.4 Å². The Hall–Kier alpha value is -1.86. The van der Waals surface area contributed by atoms with Crippen molar-refractivity contribution in [3.8, 4) is 11.5 Å². The van der Waals surface area contributed by atoms with Crippen molar-refractivity contribution in [2.24, 2.45) is 0 Å². The fourth-order valence-corrected chi connectivity index (χ4v) is 2.74. The first-order chi connectivity index (χ1) is 13.2. The molecule has 0 amide bonds. The van der Waals surface area contributed by atoms with Gasteiger partial charge in [-0.1, -0.05) is 29.8 Å². The lowest BCUT2D eigenvalue weighted by molar-refractivity contribution is 0.279. The Kier molecular flexibility index (Phi) is 9.35. The van der Waals surface area contributed by atoms with Gasteiger partial charge in [-0.2, -0.15) is 0 Å². The molecule has 2 rings (SSSR count). The highest BCUT2D eigenvalue weighted by Gasteiger charge is 2.12. The van der Waals surface area contributed by atoms with Gasteiger partial charge in [0.15, 0.2) is 11.5 Å². The van der Waals surface area contributed by atoms with E-state index in [1.807, 2.05) is 6.07 Å². The monoisotopic (exact) mass is 396 g/mol. The molecule has 0 saturated carbocycles. The molecule has 0 bridgehead atoms. The topological polar surface area (TPSA) is 62.8 Å². The van der Waals surface area contributed by atoms with Gasteiger partial charge in [0, 0.05) is 29.7 Å². The van der Waals surface area contributed by atoms with Crippen LogP contribution >= 0.6 is 11.6 Å². The molecular weight excluding hydrogens is 371 g/mol.